The molecular weight excluding hydrogens is 412 g/mol. The number of aliphatic imine (C=N–C) groups is 1. The van der Waals surface area contributed by atoms with Crippen molar-refractivity contribution in [3.05, 3.63) is 86.8 Å². The van der Waals surface area contributed by atoms with Crippen molar-refractivity contribution in [1.29, 1.82) is 0 Å². The van der Waals surface area contributed by atoms with Crippen LogP contribution in [0.4, 0.5) is 11.4 Å². The van der Waals surface area contributed by atoms with Crippen LogP contribution >= 0.6 is 0 Å². The highest BCUT2D eigenvalue weighted by Crippen LogP contribution is 2.33. The number of anilines is 2. The molecule has 4 rings (SSSR count). The van der Waals surface area contributed by atoms with Crippen LogP contribution < -0.4 is 16.5 Å². The van der Waals surface area contributed by atoms with E-state index in [1.165, 1.54) is 0 Å². The number of nitrogens with one attached hydrogen (secondary N) is 1. The summed E-state index contributed by atoms with van der Waals surface area (Å²) in [5.74, 6) is 0.535. The van der Waals surface area contributed by atoms with Crippen LogP contribution in [0.2, 0.25) is 0 Å². The van der Waals surface area contributed by atoms with Crippen LogP contribution in [0.3, 0.4) is 0 Å². The van der Waals surface area contributed by atoms with E-state index in [0.29, 0.717) is 28.0 Å². The maximum Gasteiger partial charge on any atom is 0.196 e. The lowest BCUT2D eigenvalue weighted by atomic mass is 9.98. The van der Waals surface area contributed by atoms with E-state index in [1.54, 1.807) is 32.4 Å². The number of aryl methyl sites for hydroxylation is 2. The van der Waals surface area contributed by atoms with E-state index < -0.39 is 0 Å². The van der Waals surface area contributed by atoms with Gasteiger partial charge in [0, 0.05) is 47.4 Å². The molecule has 6 nitrogen and oxygen atoms in total. The van der Waals surface area contributed by atoms with E-state index in [1.807, 2.05) is 44.2 Å². The van der Waals surface area contributed by atoms with Gasteiger partial charge in [0.25, 0.3) is 0 Å². The first-order valence-corrected chi connectivity index (χ1v) is 10.9. The molecule has 3 N–H and O–H groups in total. The van der Waals surface area contributed by atoms with Crippen molar-refractivity contribution >= 4 is 28.6 Å². The number of fused-ring (bicyclic) bond motifs is 1. The fourth-order valence-electron chi connectivity index (χ4n) is 4.08. The van der Waals surface area contributed by atoms with Gasteiger partial charge in [-0.05, 0) is 69.7 Å². The predicted molar refractivity (Wildman–Crippen MR) is 136 cm³/mol. The number of benzene rings is 2. The highest BCUT2D eigenvalue weighted by Gasteiger charge is 2.19. The van der Waals surface area contributed by atoms with E-state index in [-0.39, 0.29) is 11.5 Å². The van der Waals surface area contributed by atoms with Gasteiger partial charge in [-0.3, -0.25) is 14.8 Å². The molecule has 0 aliphatic heterocycles. The molecule has 0 radical (unpaired) electrons. The van der Waals surface area contributed by atoms with Crippen molar-refractivity contribution < 1.29 is 4.42 Å². The van der Waals surface area contributed by atoms with E-state index in [2.05, 4.69) is 28.3 Å². The summed E-state index contributed by atoms with van der Waals surface area (Å²) in [4.78, 5) is 21.8. The molecule has 0 fully saturated rings. The van der Waals surface area contributed by atoms with Gasteiger partial charge < -0.3 is 15.5 Å². The van der Waals surface area contributed by atoms with Crippen molar-refractivity contribution in [3.8, 4) is 11.3 Å². The monoisotopic (exact) mass is 440 g/mol. The SMILES string of the molecule is CN=Cc1cc(-c2oc3c(C(C)Nc4cccnc4C)cc(C)cc3c(=O)c2C)ccc1N. The Morgan fingerprint density at radius 2 is 1.94 bits per heavy atom. The minimum atomic E-state index is -0.108. The van der Waals surface area contributed by atoms with Crippen molar-refractivity contribution in [2.75, 3.05) is 18.1 Å². The smallest absolute Gasteiger partial charge is 0.196 e. The summed E-state index contributed by atoms with van der Waals surface area (Å²) < 4.78 is 6.47. The molecule has 0 saturated carbocycles. The Balaban J connectivity index is 1.91. The third-order valence-electron chi connectivity index (χ3n) is 5.85. The molecule has 6 heteroatoms. The molecule has 0 saturated heterocycles. The highest BCUT2D eigenvalue weighted by atomic mass is 16.3. The summed E-state index contributed by atoms with van der Waals surface area (Å²) in [6.07, 6.45) is 3.47. The van der Waals surface area contributed by atoms with Crippen LogP contribution in [0, 0.1) is 20.8 Å². The minimum absolute atomic E-state index is 0.0384. The first kappa shape index (κ1) is 22.3. The first-order chi connectivity index (χ1) is 15.8. The molecule has 1 unspecified atom stereocenters. The number of nitrogens with zero attached hydrogens (tertiary/aromatic N) is 2. The van der Waals surface area contributed by atoms with Crippen molar-refractivity contribution in [3.63, 3.8) is 0 Å². The van der Waals surface area contributed by atoms with Gasteiger partial charge in [-0.25, -0.2) is 0 Å². The number of pyridine rings is 1. The molecule has 0 spiro atoms. The second-order valence-corrected chi connectivity index (χ2v) is 8.35. The average Bonchev–Trinajstić information content (AvgIpc) is 2.79. The lowest BCUT2D eigenvalue weighted by Crippen LogP contribution is -2.13. The van der Waals surface area contributed by atoms with Gasteiger partial charge in [0.15, 0.2) is 5.43 Å². The van der Waals surface area contributed by atoms with Crippen LogP contribution in [0.5, 0.6) is 0 Å². The van der Waals surface area contributed by atoms with E-state index in [4.69, 9.17) is 10.2 Å². The van der Waals surface area contributed by atoms with Gasteiger partial charge in [-0.15, -0.1) is 0 Å². The van der Waals surface area contributed by atoms with Crippen molar-refractivity contribution in [2.45, 2.75) is 33.7 Å². The zero-order chi connectivity index (χ0) is 23.7. The summed E-state index contributed by atoms with van der Waals surface area (Å²) in [6.45, 7) is 7.81. The Labute approximate surface area is 193 Å². The summed E-state index contributed by atoms with van der Waals surface area (Å²) in [7, 11) is 1.69. The third kappa shape index (κ3) is 4.24. The van der Waals surface area contributed by atoms with Crippen LogP contribution in [0.15, 0.2) is 62.9 Å². The molecule has 0 aliphatic rings. The molecule has 1 atom stereocenters. The molecule has 2 aromatic carbocycles. The lowest BCUT2D eigenvalue weighted by molar-refractivity contribution is 0.605. The Kier molecular flexibility index (Phi) is 6.01. The highest BCUT2D eigenvalue weighted by molar-refractivity contribution is 5.90. The van der Waals surface area contributed by atoms with Crippen molar-refractivity contribution in [2.24, 2.45) is 4.99 Å². The fourth-order valence-corrected chi connectivity index (χ4v) is 4.08. The first-order valence-electron chi connectivity index (χ1n) is 10.9. The standard InChI is InChI=1S/C27H28N4O2/c1-15-11-21(17(3)31-24-7-6-10-30-18(24)4)27-22(12-15)25(32)16(2)26(33-27)19-8-9-23(28)20(13-19)14-29-5/h6-14,17,31H,28H2,1-5H3. The molecular formula is C27H28N4O2. The molecule has 0 bridgehead atoms. The van der Waals surface area contributed by atoms with Crippen LogP contribution in [0.1, 0.15) is 40.9 Å². The number of nitrogen functional groups attached to an aromatic ring is 1. The molecule has 0 amide bonds. The van der Waals surface area contributed by atoms with Crippen molar-refractivity contribution in [1.82, 2.24) is 4.98 Å². The van der Waals surface area contributed by atoms with Gasteiger partial charge in [-0.1, -0.05) is 6.07 Å². The summed E-state index contributed by atoms with van der Waals surface area (Å²) in [6, 6.07) is 13.3. The Hall–Kier alpha value is -3.93. The average molecular weight is 441 g/mol. The number of hydrogen-bond donors (Lipinski definition) is 2. The van der Waals surface area contributed by atoms with Gasteiger partial charge >= 0.3 is 0 Å². The molecule has 2 aromatic heterocycles. The summed E-state index contributed by atoms with van der Waals surface area (Å²) >= 11 is 0. The second-order valence-electron chi connectivity index (χ2n) is 8.35. The summed E-state index contributed by atoms with van der Waals surface area (Å²) in [5.41, 5.74) is 13.1. The molecule has 4 aromatic rings. The Bertz CT molecular complexity index is 1440. The number of aromatic nitrogens is 1. The van der Waals surface area contributed by atoms with Crippen LogP contribution in [-0.4, -0.2) is 18.2 Å². The van der Waals surface area contributed by atoms with Crippen LogP contribution in [-0.2, 0) is 0 Å². The number of rotatable bonds is 5. The zero-order valence-corrected chi connectivity index (χ0v) is 19.6. The number of nitrogens with two attached hydrogens (primary N) is 1. The van der Waals surface area contributed by atoms with E-state index in [0.717, 1.165) is 33.6 Å². The van der Waals surface area contributed by atoms with Gasteiger partial charge in [-0.2, -0.15) is 0 Å². The Morgan fingerprint density at radius 3 is 2.67 bits per heavy atom. The zero-order valence-electron chi connectivity index (χ0n) is 19.6. The summed E-state index contributed by atoms with van der Waals surface area (Å²) in [5, 5.41) is 4.09. The second kappa shape index (κ2) is 8.90. The number of hydrogen-bond acceptors (Lipinski definition) is 6. The molecule has 33 heavy (non-hydrogen) atoms. The maximum absolute atomic E-state index is 13.4. The normalized spacial score (nSPS) is 12.4. The third-order valence-corrected chi connectivity index (χ3v) is 5.85. The van der Waals surface area contributed by atoms with Gasteiger partial charge in [0.1, 0.15) is 11.3 Å². The maximum atomic E-state index is 13.4. The quantitative estimate of drug-likeness (QED) is 0.312. The topological polar surface area (TPSA) is 93.5 Å². The van der Waals surface area contributed by atoms with Gasteiger partial charge in [0.05, 0.1) is 22.8 Å². The van der Waals surface area contributed by atoms with Gasteiger partial charge in [0.2, 0.25) is 0 Å². The minimum Gasteiger partial charge on any atom is -0.455 e. The fraction of sp³-hybridized carbons (Fsp3) is 0.222. The van der Waals surface area contributed by atoms with E-state index in [9.17, 15) is 4.79 Å². The van der Waals surface area contributed by atoms with E-state index >= 15 is 0 Å². The predicted octanol–water partition coefficient (Wildman–Crippen LogP) is 5.58. The molecule has 168 valence electrons. The lowest BCUT2D eigenvalue weighted by Gasteiger charge is -2.19. The van der Waals surface area contributed by atoms with Crippen LogP contribution in [0.25, 0.3) is 22.3 Å². The molecule has 0 aliphatic carbocycles. The molecule has 2 heterocycles. The Morgan fingerprint density at radius 1 is 1.15 bits per heavy atom. The largest absolute Gasteiger partial charge is 0.455 e.